The molecule has 0 aliphatic heterocycles. The van der Waals surface area contributed by atoms with E-state index < -0.39 is 11.6 Å². The van der Waals surface area contributed by atoms with Crippen molar-refractivity contribution in [2.75, 3.05) is 26.2 Å². The number of nitrogens with zero attached hydrogens (tertiary/aromatic N) is 1. The summed E-state index contributed by atoms with van der Waals surface area (Å²) in [6.07, 6.45) is 2.48. The lowest BCUT2D eigenvalue weighted by molar-refractivity contribution is 0.0925. The lowest BCUT2D eigenvalue weighted by Crippen LogP contribution is -2.38. The van der Waals surface area contributed by atoms with Crippen LogP contribution in [0.3, 0.4) is 0 Å². The van der Waals surface area contributed by atoms with Crippen molar-refractivity contribution in [3.05, 3.63) is 59.1 Å². The minimum absolute atomic E-state index is 0. The molecule has 2 rings (SSSR count). The van der Waals surface area contributed by atoms with Crippen molar-refractivity contribution < 1.29 is 18.0 Å². The molecule has 0 bridgehead atoms. The Kier molecular flexibility index (Phi) is 11.3. The summed E-state index contributed by atoms with van der Waals surface area (Å²) in [6, 6.07) is 5.17. The third-order valence-corrected chi connectivity index (χ3v) is 4.00. The molecule has 0 spiro atoms. The van der Waals surface area contributed by atoms with Gasteiger partial charge in [-0.15, -0.1) is 24.0 Å². The van der Waals surface area contributed by atoms with Gasteiger partial charge in [0.15, 0.2) is 11.7 Å². The van der Waals surface area contributed by atoms with Crippen LogP contribution in [0.5, 0.6) is 0 Å². The van der Waals surface area contributed by atoms with E-state index in [0.29, 0.717) is 56.3 Å². The molecule has 0 radical (unpaired) electrons. The molecule has 6 nitrogen and oxygen atoms in total. The summed E-state index contributed by atoms with van der Waals surface area (Å²) in [5.74, 6) is -0.208. The zero-order valence-electron chi connectivity index (χ0n) is 16.6. The van der Waals surface area contributed by atoms with E-state index in [2.05, 4.69) is 20.9 Å². The number of halogens is 3. The largest absolute Gasteiger partial charge is 0.459 e. The molecule has 1 aromatic heterocycles. The van der Waals surface area contributed by atoms with Crippen LogP contribution in [0.2, 0.25) is 0 Å². The summed E-state index contributed by atoms with van der Waals surface area (Å²) in [4.78, 5) is 16.3. The van der Waals surface area contributed by atoms with Gasteiger partial charge in [0.1, 0.15) is 11.6 Å². The number of benzene rings is 1. The van der Waals surface area contributed by atoms with E-state index in [1.54, 1.807) is 6.07 Å². The molecule has 1 heterocycles. The number of aryl methyl sites for hydroxylation is 1. The van der Waals surface area contributed by atoms with E-state index >= 15 is 0 Å². The summed E-state index contributed by atoms with van der Waals surface area (Å²) in [6.45, 7) is 5.81. The predicted octanol–water partition coefficient (Wildman–Crippen LogP) is 3.40. The van der Waals surface area contributed by atoms with Crippen molar-refractivity contribution in [1.82, 2.24) is 16.0 Å². The molecule has 0 atom stereocenters. The molecular formula is C20H27F2IN4O2. The second-order valence-electron chi connectivity index (χ2n) is 6.22. The van der Waals surface area contributed by atoms with E-state index in [-0.39, 0.29) is 29.9 Å². The normalized spacial score (nSPS) is 11.0. The van der Waals surface area contributed by atoms with Gasteiger partial charge in [-0.3, -0.25) is 9.79 Å². The number of guanidine groups is 1. The van der Waals surface area contributed by atoms with Crippen molar-refractivity contribution in [2.24, 2.45) is 4.99 Å². The molecular weight excluding hydrogens is 493 g/mol. The maximum atomic E-state index is 13.6. The molecule has 3 N–H and O–H groups in total. The fourth-order valence-electron chi connectivity index (χ4n) is 2.55. The molecule has 1 aromatic carbocycles. The first-order valence-corrected chi connectivity index (χ1v) is 9.29. The Morgan fingerprint density at radius 3 is 2.62 bits per heavy atom. The van der Waals surface area contributed by atoms with E-state index in [4.69, 9.17) is 4.42 Å². The number of hydrogen-bond donors (Lipinski definition) is 3. The van der Waals surface area contributed by atoms with E-state index in [1.165, 1.54) is 12.3 Å². The average Bonchev–Trinajstić information content (AvgIpc) is 3.10. The van der Waals surface area contributed by atoms with Gasteiger partial charge in [-0.25, -0.2) is 8.78 Å². The Morgan fingerprint density at radius 1 is 1.14 bits per heavy atom. The predicted molar refractivity (Wildman–Crippen MR) is 120 cm³/mol. The van der Waals surface area contributed by atoms with Crippen LogP contribution in [0.25, 0.3) is 0 Å². The molecule has 9 heteroatoms. The topological polar surface area (TPSA) is 78.7 Å². The van der Waals surface area contributed by atoms with Crippen LogP contribution in [0.15, 0.2) is 39.9 Å². The van der Waals surface area contributed by atoms with Crippen molar-refractivity contribution in [2.45, 2.75) is 26.7 Å². The molecule has 0 unspecified atom stereocenters. The maximum Gasteiger partial charge on any atom is 0.287 e. The third-order valence-electron chi connectivity index (χ3n) is 4.00. The number of nitrogens with one attached hydrogen (secondary N) is 3. The second kappa shape index (κ2) is 13.1. The van der Waals surface area contributed by atoms with Gasteiger partial charge in [0.2, 0.25) is 0 Å². The fourth-order valence-corrected chi connectivity index (χ4v) is 2.55. The highest BCUT2D eigenvalue weighted by atomic mass is 127. The first-order chi connectivity index (χ1) is 13.5. The van der Waals surface area contributed by atoms with Crippen molar-refractivity contribution in [1.29, 1.82) is 0 Å². The molecule has 0 saturated heterocycles. The number of carbonyl (C=O) groups is 1. The maximum absolute atomic E-state index is 13.6. The molecule has 0 fully saturated rings. The van der Waals surface area contributed by atoms with Crippen LogP contribution < -0.4 is 16.0 Å². The highest BCUT2D eigenvalue weighted by Crippen LogP contribution is 2.10. The summed E-state index contributed by atoms with van der Waals surface area (Å²) >= 11 is 0. The van der Waals surface area contributed by atoms with Gasteiger partial charge >= 0.3 is 0 Å². The monoisotopic (exact) mass is 520 g/mol. The quantitative estimate of drug-likeness (QED) is 0.205. The first-order valence-electron chi connectivity index (χ1n) is 9.29. The number of hydrogen-bond acceptors (Lipinski definition) is 3. The fraction of sp³-hybridized carbons (Fsp3) is 0.400. The van der Waals surface area contributed by atoms with Crippen LogP contribution in [0, 0.1) is 18.6 Å². The summed E-state index contributed by atoms with van der Waals surface area (Å²) in [7, 11) is 0. The third kappa shape index (κ3) is 8.38. The van der Waals surface area contributed by atoms with Crippen molar-refractivity contribution >= 4 is 35.8 Å². The SMILES string of the molecule is CCNC(=NCCCNC(=O)c1occc1C)NCCc1cc(F)ccc1F.I. The second-order valence-corrected chi connectivity index (χ2v) is 6.22. The number of aliphatic imine (C=N–C) groups is 1. The van der Waals surface area contributed by atoms with Gasteiger partial charge in [0, 0.05) is 31.7 Å². The summed E-state index contributed by atoms with van der Waals surface area (Å²) < 4.78 is 32.0. The Morgan fingerprint density at radius 2 is 1.93 bits per heavy atom. The lowest BCUT2D eigenvalue weighted by Gasteiger charge is -2.12. The van der Waals surface area contributed by atoms with Crippen LogP contribution >= 0.6 is 24.0 Å². The van der Waals surface area contributed by atoms with Crippen LogP contribution in [-0.2, 0) is 6.42 Å². The highest BCUT2D eigenvalue weighted by molar-refractivity contribution is 14.0. The smallest absolute Gasteiger partial charge is 0.287 e. The number of rotatable bonds is 9. The molecule has 160 valence electrons. The molecule has 29 heavy (non-hydrogen) atoms. The van der Waals surface area contributed by atoms with Crippen LogP contribution in [0.1, 0.15) is 35.0 Å². The van der Waals surface area contributed by atoms with Gasteiger partial charge in [-0.05, 0) is 56.5 Å². The molecule has 0 aliphatic rings. The molecule has 1 amide bonds. The van der Waals surface area contributed by atoms with Gasteiger partial charge in [0.05, 0.1) is 6.26 Å². The van der Waals surface area contributed by atoms with E-state index in [0.717, 1.165) is 17.7 Å². The standard InChI is InChI=1S/C20H26F2N4O2.HI/c1-3-23-20(26-11-7-15-13-16(21)5-6-17(15)22)25-10-4-9-24-19(27)18-14(2)8-12-28-18;/h5-6,8,12-13H,3-4,7,9-11H2,1-2H3,(H,24,27)(H2,23,25,26);1H. The molecule has 2 aromatic rings. The van der Waals surface area contributed by atoms with Crippen molar-refractivity contribution in [3.8, 4) is 0 Å². The Bertz CT molecular complexity index is 812. The summed E-state index contributed by atoms with van der Waals surface area (Å²) in [5.41, 5.74) is 1.11. The van der Waals surface area contributed by atoms with Gasteiger partial charge in [-0.1, -0.05) is 0 Å². The van der Waals surface area contributed by atoms with E-state index in [9.17, 15) is 13.6 Å². The minimum atomic E-state index is -0.455. The lowest BCUT2D eigenvalue weighted by atomic mass is 10.1. The Labute approximate surface area is 186 Å². The summed E-state index contributed by atoms with van der Waals surface area (Å²) in [5, 5.41) is 8.97. The van der Waals surface area contributed by atoms with Gasteiger partial charge < -0.3 is 20.4 Å². The highest BCUT2D eigenvalue weighted by Gasteiger charge is 2.11. The number of carbonyl (C=O) groups excluding carboxylic acids is 1. The zero-order valence-corrected chi connectivity index (χ0v) is 18.9. The van der Waals surface area contributed by atoms with E-state index in [1.807, 2.05) is 13.8 Å². The minimum Gasteiger partial charge on any atom is -0.459 e. The molecule has 0 aliphatic carbocycles. The van der Waals surface area contributed by atoms with Gasteiger partial charge in [-0.2, -0.15) is 0 Å². The van der Waals surface area contributed by atoms with Crippen LogP contribution in [0.4, 0.5) is 8.78 Å². The van der Waals surface area contributed by atoms with Crippen molar-refractivity contribution in [3.63, 3.8) is 0 Å². The number of amides is 1. The Balaban J connectivity index is 0.00000420. The first kappa shape index (κ1) is 24.9. The Hall–Kier alpha value is -2.17. The van der Waals surface area contributed by atoms with Gasteiger partial charge in [0.25, 0.3) is 5.91 Å². The van der Waals surface area contributed by atoms with Crippen LogP contribution in [-0.4, -0.2) is 38.0 Å². The zero-order chi connectivity index (χ0) is 20.4. The number of furan rings is 1. The molecule has 0 saturated carbocycles. The average molecular weight is 520 g/mol.